The van der Waals surface area contributed by atoms with E-state index < -0.39 is 0 Å². The normalized spacial score (nSPS) is 28.9. The molecule has 0 spiro atoms. The number of nitrogens with zero attached hydrogens (tertiary/aromatic N) is 2. The fourth-order valence-electron chi connectivity index (χ4n) is 2.35. The van der Waals surface area contributed by atoms with E-state index in [9.17, 15) is 5.11 Å². The Hall–Kier alpha value is -1.36. The topological polar surface area (TPSA) is 84.1 Å². The summed E-state index contributed by atoms with van der Waals surface area (Å²) in [6.45, 7) is 2.37. The first-order valence-corrected chi connectivity index (χ1v) is 6.10. The maximum Gasteiger partial charge on any atom is 0.147 e. The minimum Gasteiger partial charge on any atom is -0.394 e. The molecule has 0 amide bonds. The molecule has 1 aromatic rings. The van der Waals surface area contributed by atoms with Gasteiger partial charge < -0.3 is 16.2 Å². The van der Waals surface area contributed by atoms with Crippen LogP contribution in [0.25, 0.3) is 0 Å². The van der Waals surface area contributed by atoms with Crippen molar-refractivity contribution in [3.8, 4) is 0 Å². The predicted molar refractivity (Wildman–Crippen MR) is 67.5 cm³/mol. The second-order valence-corrected chi connectivity index (χ2v) is 5.08. The van der Waals surface area contributed by atoms with E-state index in [2.05, 4.69) is 22.2 Å². The van der Waals surface area contributed by atoms with Crippen LogP contribution in [0, 0.1) is 5.92 Å². The smallest absolute Gasteiger partial charge is 0.147 e. The summed E-state index contributed by atoms with van der Waals surface area (Å²) < 4.78 is 0. The van der Waals surface area contributed by atoms with Crippen molar-refractivity contribution in [2.75, 3.05) is 17.7 Å². The van der Waals surface area contributed by atoms with Crippen LogP contribution in [0.5, 0.6) is 0 Å². The minimum absolute atomic E-state index is 0.121. The van der Waals surface area contributed by atoms with E-state index in [1.165, 1.54) is 6.20 Å². The second-order valence-electron chi connectivity index (χ2n) is 5.08. The summed E-state index contributed by atoms with van der Waals surface area (Å²) in [4.78, 5) is 8.17. The summed E-state index contributed by atoms with van der Waals surface area (Å²) in [6, 6.07) is 0. The van der Waals surface area contributed by atoms with Crippen molar-refractivity contribution in [2.45, 2.75) is 38.1 Å². The van der Waals surface area contributed by atoms with Crippen LogP contribution in [0.1, 0.15) is 32.6 Å². The number of hydrogen-bond donors (Lipinski definition) is 3. The molecule has 5 nitrogen and oxygen atoms in total. The Morgan fingerprint density at radius 2 is 2.18 bits per heavy atom. The van der Waals surface area contributed by atoms with Crippen LogP contribution in [0.2, 0.25) is 0 Å². The van der Waals surface area contributed by atoms with Gasteiger partial charge in [-0.15, -0.1) is 0 Å². The summed E-state index contributed by atoms with van der Waals surface area (Å²) in [5.41, 5.74) is 5.34. The zero-order valence-electron chi connectivity index (χ0n) is 10.2. The molecule has 0 unspecified atom stereocenters. The van der Waals surface area contributed by atoms with Crippen LogP contribution in [-0.4, -0.2) is 27.2 Å². The van der Waals surface area contributed by atoms with E-state index in [1.807, 2.05) is 0 Å². The van der Waals surface area contributed by atoms with Gasteiger partial charge in [0.2, 0.25) is 0 Å². The molecule has 1 fully saturated rings. The SMILES string of the molecule is CC1CCC(CO)(Nc2cncc(N)n2)CC1. The van der Waals surface area contributed by atoms with Crippen LogP contribution < -0.4 is 11.1 Å². The molecular formula is C12H20N4O. The number of aromatic nitrogens is 2. The summed E-state index contributed by atoms with van der Waals surface area (Å²) in [5, 5.41) is 12.9. The first kappa shape index (κ1) is 12.1. The molecule has 94 valence electrons. The van der Waals surface area contributed by atoms with E-state index in [0.29, 0.717) is 11.6 Å². The Labute approximate surface area is 101 Å². The lowest BCUT2D eigenvalue weighted by Crippen LogP contribution is -2.45. The summed E-state index contributed by atoms with van der Waals surface area (Å²) in [6.07, 6.45) is 7.33. The Morgan fingerprint density at radius 3 is 2.76 bits per heavy atom. The van der Waals surface area contributed by atoms with Gasteiger partial charge in [-0.2, -0.15) is 0 Å². The Kier molecular flexibility index (Phi) is 3.47. The Bertz CT molecular complexity index is 375. The van der Waals surface area contributed by atoms with Crippen molar-refractivity contribution in [3.63, 3.8) is 0 Å². The van der Waals surface area contributed by atoms with Gasteiger partial charge in [0, 0.05) is 0 Å². The van der Waals surface area contributed by atoms with Crippen molar-refractivity contribution in [3.05, 3.63) is 12.4 Å². The average Bonchev–Trinajstić information content (AvgIpc) is 2.33. The van der Waals surface area contributed by atoms with E-state index >= 15 is 0 Å². The summed E-state index contributed by atoms with van der Waals surface area (Å²) in [7, 11) is 0. The zero-order valence-corrected chi connectivity index (χ0v) is 10.2. The maximum absolute atomic E-state index is 9.62. The second kappa shape index (κ2) is 4.87. The molecule has 1 aromatic heterocycles. The molecular weight excluding hydrogens is 216 g/mol. The molecule has 0 aliphatic heterocycles. The molecule has 1 saturated carbocycles. The van der Waals surface area contributed by atoms with Gasteiger partial charge in [-0.25, -0.2) is 4.98 Å². The van der Waals surface area contributed by atoms with Crippen molar-refractivity contribution >= 4 is 11.6 Å². The number of anilines is 2. The zero-order chi connectivity index (χ0) is 12.3. The predicted octanol–water partition coefficient (Wildman–Crippen LogP) is 1.41. The minimum atomic E-state index is -0.255. The van der Waals surface area contributed by atoms with Crippen LogP contribution in [-0.2, 0) is 0 Å². The number of aliphatic hydroxyl groups is 1. The standard InChI is InChI=1S/C12H20N4O/c1-9-2-4-12(8-17,5-3-9)16-11-7-14-6-10(13)15-11/h6-7,9,17H,2-5,8H2,1H3,(H3,13,15,16). The number of nitrogen functional groups attached to an aromatic ring is 1. The first-order valence-electron chi connectivity index (χ1n) is 6.10. The lowest BCUT2D eigenvalue weighted by atomic mass is 9.77. The monoisotopic (exact) mass is 236 g/mol. The van der Waals surface area contributed by atoms with Gasteiger partial charge in [0.15, 0.2) is 0 Å². The molecule has 0 saturated heterocycles. The van der Waals surface area contributed by atoms with Gasteiger partial charge in [0.1, 0.15) is 11.6 Å². The van der Waals surface area contributed by atoms with Gasteiger partial charge in [0.25, 0.3) is 0 Å². The van der Waals surface area contributed by atoms with Crippen molar-refractivity contribution in [2.24, 2.45) is 5.92 Å². The fraction of sp³-hybridized carbons (Fsp3) is 0.667. The molecule has 4 N–H and O–H groups in total. The third-order valence-electron chi connectivity index (χ3n) is 3.58. The highest BCUT2D eigenvalue weighted by molar-refractivity contribution is 5.41. The van der Waals surface area contributed by atoms with Crippen LogP contribution in [0.15, 0.2) is 12.4 Å². The summed E-state index contributed by atoms with van der Waals surface area (Å²) >= 11 is 0. The molecule has 1 aliphatic rings. The highest BCUT2D eigenvalue weighted by Crippen LogP contribution is 2.33. The molecule has 17 heavy (non-hydrogen) atoms. The molecule has 1 heterocycles. The Morgan fingerprint density at radius 1 is 1.47 bits per heavy atom. The average molecular weight is 236 g/mol. The van der Waals surface area contributed by atoms with E-state index in [-0.39, 0.29) is 12.1 Å². The maximum atomic E-state index is 9.62. The van der Waals surface area contributed by atoms with Gasteiger partial charge in [-0.1, -0.05) is 6.92 Å². The van der Waals surface area contributed by atoms with Crippen LogP contribution >= 0.6 is 0 Å². The number of hydrogen-bond acceptors (Lipinski definition) is 5. The van der Waals surface area contributed by atoms with Crippen LogP contribution in [0.3, 0.4) is 0 Å². The Balaban J connectivity index is 2.09. The highest BCUT2D eigenvalue weighted by Gasteiger charge is 2.33. The third kappa shape index (κ3) is 2.85. The highest BCUT2D eigenvalue weighted by atomic mass is 16.3. The van der Waals surface area contributed by atoms with E-state index in [4.69, 9.17) is 5.73 Å². The molecule has 0 aromatic carbocycles. The number of rotatable bonds is 3. The summed E-state index contributed by atoms with van der Waals surface area (Å²) in [5.74, 6) is 1.78. The molecule has 2 rings (SSSR count). The molecule has 1 aliphatic carbocycles. The van der Waals surface area contributed by atoms with Crippen molar-refractivity contribution in [1.82, 2.24) is 9.97 Å². The van der Waals surface area contributed by atoms with Gasteiger partial charge in [-0.05, 0) is 31.6 Å². The van der Waals surface area contributed by atoms with Gasteiger partial charge in [-0.3, -0.25) is 4.98 Å². The fourth-order valence-corrected chi connectivity index (χ4v) is 2.35. The van der Waals surface area contributed by atoms with Gasteiger partial charge >= 0.3 is 0 Å². The quantitative estimate of drug-likeness (QED) is 0.739. The third-order valence-corrected chi connectivity index (χ3v) is 3.58. The molecule has 0 bridgehead atoms. The molecule has 0 atom stereocenters. The van der Waals surface area contributed by atoms with Gasteiger partial charge in [0.05, 0.1) is 24.5 Å². The molecule has 5 heteroatoms. The molecule has 0 radical (unpaired) electrons. The van der Waals surface area contributed by atoms with Crippen molar-refractivity contribution < 1.29 is 5.11 Å². The number of nitrogens with one attached hydrogen (secondary N) is 1. The van der Waals surface area contributed by atoms with E-state index in [0.717, 1.165) is 31.6 Å². The number of aliphatic hydroxyl groups excluding tert-OH is 1. The largest absolute Gasteiger partial charge is 0.394 e. The lowest BCUT2D eigenvalue weighted by molar-refractivity contribution is 0.155. The van der Waals surface area contributed by atoms with Crippen LogP contribution in [0.4, 0.5) is 11.6 Å². The van der Waals surface area contributed by atoms with Crippen molar-refractivity contribution in [1.29, 1.82) is 0 Å². The van der Waals surface area contributed by atoms with E-state index in [1.54, 1.807) is 6.20 Å². The number of nitrogens with two attached hydrogens (primary N) is 1. The lowest BCUT2D eigenvalue weighted by Gasteiger charge is -2.39. The first-order chi connectivity index (χ1) is 8.13.